The summed E-state index contributed by atoms with van der Waals surface area (Å²) in [5.74, 6) is -0.222. The van der Waals surface area contributed by atoms with Crippen LogP contribution in [0.2, 0.25) is 0 Å². The molecule has 1 aromatic heterocycles. The van der Waals surface area contributed by atoms with Crippen LogP contribution in [0, 0.1) is 5.82 Å². The number of aliphatic hydroxyl groups is 1. The van der Waals surface area contributed by atoms with E-state index in [9.17, 15) is 14.3 Å². The van der Waals surface area contributed by atoms with Crippen molar-refractivity contribution in [2.24, 2.45) is 0 Å². The van der Waals surface area contributed by atoms with Crippen LogP contribution in [0.25, 0.3) is 22.3 Å². The zero-order valence-electron chi connectivity index (χ0n) is 12.2. The van der Waals surface area contributed by atoms with Gasteiger partial charge in [-0.05, 0) is 31.5 Å². The molecule has 0 amide bonds. The highest BCUT2D eigenvalue weighted by Gasteiger charge is 2.16. The third kappa shape index (κ3) is 2.51. The first-order valence-corrected chi connectivity index (χ1v) is 6.88. The van der Waals surface area contributed by atoms with Crippen LogP contribution < -0.4 is 5.56 Å². The second-order valence-electron chi connectivity index (χ2n) is 5.68. The molecule has 4 nitrogen and oxygen atoms in total. The predicted molar refractivity (Wildman–Crippen MR) is 83.0 cm³/mol. The Labute approximate surface area is 126 Å². The number of fused-ring (bicyclic) bond motifs is 1. The minimum absolute atomic E-state index is 0.0423. The van der Waals surface area contributed by atoms with E-state index in [2.05, 4.69) is 9.97 Å². The molecule has 0 fully saturated rings. The molecular weight excluding hydrogens is 283 g/mol. The second kappa shape index (κ2) is 5.03. The minimum Gasteiger partial charge on any atom is -0.386 e. The van der Waals surface area contributed by atoms with E-state index in [1.54, 1.807) is 44.2 Å². The van der Waals surface area contributed by atoms with E-state index in [0.29, 0.717) is 16.9 Å². The van der Waals surface area contributed by atoms with Crippen molar-refractivity contribution in [1.82, 2.24) is 9.97 Å². The highest BCUT2D eigenvalue weighted by Crippen LogP contribution is 2.23. The average Bonchev–Trinajstić information content (AvgIpc) is 2.46. The first-order valence-electron chi connectivity index (χ1n) is 6.88. The van der Waals surface area contributed by atoms with Crippen molar-refractivity contribution in [3.05, 3.63) is 64.2 Å². The van der Waals surface area contributed by atoms with E-state index in [-0.39, 0.29) is 5.39 Å². The molecule has 0 aliphatic rings. The van der Waals surface area contributed by atoms with Crippen molar-refractivity contribution in [3.8, 4) is 11.4 Å². The zero-order valence-corrected chi connectivity index (χ0v) is 12.2. The molecule has 112 valence electrons. The van der Waals surface area contributed by atoms with E-state index < -0.39 is 17.0 Å². The second-order valence-corrected chi connectivity index (χ2v) is 5.68. The Morgan fingerprint density at radius 1 is 1.14 bits per heavy atom. The summed E-state index contributed by atoms with van der Waals surface area (Å²) in [7, 11) is 0. The van der Waals surface area contributed by atoms with Crippen molar-refractivity contribution in [2.45, 2.75) is 19.4 Å². The molecule has 1 heterocycles. The highest BCUT2D eigenvalue weighted by molar-refractivity contribution is 5.80. The summed E-state index contributed by atoms with van der Waals surface area (Å²) in [5.41, 5.74) is 0.308. The first-order chi connectivity index (χ1) is 10.4. The fraction of sp³-hybridized carbons (Fsp3) is 0.176. The summed E-state index contributed by atoms with van der Waals surface area (Å²) in [5, 5.41) is 9.91. The number of rotatable bonds is 2. The number of aromatic nitrogens is 2. The van der Waals surface area contributed by atoms with Gasteiger partial charge in [-0.2, -0.15) is 0 Å². The largest absolute Gasteiger partial charge is 0.386 e. The average molecular weight is 298 g/mol. The minimum atomic E-state index is -0.939. The molecule has 0 aliphatic heterocycles. The van der Waals surface area contributed by atoms with Gasteiger partial charge in [0.25, 0.3) is 5.56 Å². The third-order valence-corrected chi connectivity index (χ3v) is 3.55. The van der Waals surface area contributed by atoms with Crippen LogP contribution in [0.4, 0.5) is 4.39 Å². The van der Waals surface area contributed by atoms with Crippen molar-refractivity contribution >= 4 is 10.9 Å². The molecule has 0 unspecified atom stereocenters. The Balaban J connectivity index is 2.13. The maximum Gasteiger partial charge on any atom is 0.262 e. The van der Waals surface area contributed by atoms with Crippen LogP contribution in [-0.4, -0.2) is 15.1 Å². The highest BCUT2D eigenvalue weighted by atomic mass is 19.1. The van der Waals surface area contributed by atoms with E-state index in [1.807, 2.05) is 0 Å². The van der Waals surface area contributed by atoms with Gasteiger partial charge in [0.2, 0.25) is 0 Å². The molecule has 0 saturated carbocycles. The van der Waals surface area contributed by atoms with E-state index in [1.165, 1.54) is 12.1 Å². The molecule has 0 bridgehead atoms. The molecule has 0 saturated heterocycles. The predicted octanol–water partition coefficient (Wildman–Crippen LogP) is 2.96. The van der Waals surface area contributed by atoms with Gasteiger partial charge >= 0.3 is 0 Å². The molecule has 3 aromatic rings. The first kappa shape index (κ1) is 14.4. The lowest BCUT2D eigenvalue weighted by Gasteiger charge is -2.17. The lowest BCUT2D eigenvalue weighted by atomic mass is 9.97. The number of nitrogens with zero attached hydrogens (tertiary/aromatic N) is 1. The molecule has 2 aromatic carbocycles. The molecule has 0 aliphatic carbocycles. The number of benzene rings is 2. The fourth-order valence-electron chi connectivity index (χ4n) is 2.32. The van der Waals surface area contributed by atoms with E-state index >= 15 is 0 Å². The van der Waals surface area contributed by atoms with Gasteiger partial charge in [-0.1, -0.05) is 30.3 Å². The van der Waals surface area contributed by atoms with Gasteiger partial charge in [0.1, 0.15) is 17.0 Å². The molecular formula is C17H15FN2O2. The molecule has 22 heavy (non-hydrogen) atoms. The molecule has 0 radical (unpaired) electrons. The molecule has 3 rings (SSSR count). The topological polar surface area (TPSA) is 66.0 Å². The van der Waals surface area contributed by atoms with Gasteiger partial charge in [0.15, 0.2) is 0 Å². The number of H-pyrrole nitrogens is 1. The molecule has 0 atom stereocenters. The Morgan fingerprint density at radius 2 is 1.82 bits per heavy atom. The molecule has 5 heteroatoms. The fourth-order valence-corrected chi connectivity index (χ4v) is 2.32. The third-order valence-electron chi connectivity index (χ3n) is 3.55. The number of hydrogen-bond acceptors (Lipinski definition) is 3. The van der Waals surface area contributed by atoms with Gasteiger partial charge in [0, 0.05) is 5.56 Å². The summed E-state index contributed by atoms with van der Waals surface area (Å²) in [4.78, 5) is 18.9. The SMILES string of the molecule is CC(C)(O)c1ccc(-c2nc3cccc(F)c3c(=O)[nH]2)cc1. The van der Waals surface area contributed by atoms with E-state index in [4.69, 9.17) is 0 Å². The smallest absolute Gasteiger partial charge is 0.262 e. The van der Waals surface area contributed by atoms with Crippen molar-refractivity contribution in [3.63, 3.8) is 0 Å². The van der Waals surface area contributed by atoms with Gasteiger partial charge < -0.3 is 10.1 Å². The number of hydrogen-bond donors (Lipinski definition) is 2. The van der Waals surface area contributed by atoms with Gasteiger partial charge in [-0.25, -0.2) is 9.37 Å². The maximum absolute atomic E-state index is 13.7. The van der Waals surface area contributed by atoms with Crippen LogP contribution in [0.5, 0.6) is 0 Å². The number of nitrogens with one attached hydrogen (secondary N) is 1. The Kier molecular flexibility index (Phi) is 3.30. The normalized spacial score (nSPS) is 11.8. The monoisotopic (exact) mass is 298 g/mol. The van der Waals surface area contributed by atoms with Crippen molar-refractivity contribution < 1.29 is 9.50 Å². The summed E-state index contributed by atoms with van der Waals surface area (Å²) in [6.45, 7) is 3.39. The number of halogens is 1. The Bertz CT molecular complexity index is 893. The van der Waals surface area contributed by atoms with Gasteiger partial charge in [0.05, 0.1) is 11.1 Å². The molecule has 0 spiro atoms. The summed E-state index contributed by atoms with van der Waals surface area (Å²) in [6.07, 6.45) is 0. The van der Waals surface area contributed by atoms with E-state index in [0.717, 1.165) is 5.56 Å². The Hall–Kier alpha value is -2.53. The Morgan fingerprint density at radius 3 is 2.45 bits per heavy atom. The zero-order chi connectivity index (χ0) is 15.9. The van der Waals surface area contributed by atoms with Crippen LogP contribution in [0.1, 0.15) is 19.4 Å². The lowest BCUT2D eigenvalue weighted by Crippen LogP contribution is -2.15. The van der Waals surface area contributed by atoms with Crippen LogP contribution >= 0.6 is 0 Å². The van der Waals surface area contributed by atoms with Crippen LogP contribution in [0.3, 0.4) is 0 Å². The van der Waals surface area contributed by atoms with Crippen LogP contribution in [0.15, 0.2) is 47.3 Å². The standard InChI is InChI=1S/C17H15FN2O2/c1-17(2,22)11-8-6-10(7-9-11)15-19-13-5-3-4-12(18)14(13)16(21)20-15/h3-9,22H,1-2H3,(H,19,20,21). The summed E-state index contributed by atoms with van der Waals surface area (Å²) >= 11 is 0. The summed E-state index contributed by atoms with van der Waals surface area (Å²) < 4.78 is 13.7. The van der Waals surface area contributed by atoms with Gasteiger partial charge in [-0.15, -0.1) is 0 Å². The quantitative estimate of drug-likeness (QED) is 0.764. The molecule has 2 N–H and O–H groups in total. The summed E-state index contributed by atoms with van der Waals surface area (Å²) in [6, 6.07) is 11.4. The van der Waals surface area contributed by atoms with Gasteiger partial charge in [-0.3, -0.25) is 4.79 Å². The van der Waals surface area contributed by atoms with Crippen molar-refractivity contribution in [1.29, 1.82) is 0 Å². The van der Waals surface area contributed by atoms with Crippen LogP contribution in [-0.2, 0) is 5.60 Å². The number of aromatic amines is 1. The van der Waals surface area contributed by atoms with Crippen molar-refractivity contribution in [2.75, 3.05) is 0 Å². The lowest BCUT2D eigenvalue weighted by molar-refractivity contribution is 0.0786. The maximum atomic E-state index is 13.7.